The fourth-order valence-corrected chi connectivity index (χ4v) is 4.10. The van der Waals surface area contributed by atoms with E-state index < -0.39 is 0 Å². The van der Waals surface area contributed by atoms with Gasteiger partial charge in [0.25, 0.3) is 0 Å². The third-order valence-corrected chi connectivity index (χ3v) is 5.57. The highest BCUT2D eigenvalue weighted by molar-refractivity contribution is 5.80. The van der Waals surface area contributed by atoms with Gasteiger partial charge in [-0.25, -0.2) is 0 Å². The van der Waals surface area contributed by atoms with Crippen molar-refractivity contribution < 1.29 is 14.4 Å². The van der Waals surface area contributed by atoms with Gasteiger partial charge >= 0.3 is 0 Å². The Balaban J connectivity index is 1.57. The number of nitrogens with one attached hydrogen (secondary N) is 1. The molecule has 2 aliphatic heterocycles. The first kappa shape index (κ1) is 19.4. The van der Waals surface area contributed by atoms with E-state index >= 15 is 0 Å². The maximum Gasteiger partial charge on any atom is 0.222 e. The van der Waals surface area contributed by atoms with Gasteiger partial charge in [0.05, 0.1) is 12.5 Å². The molecular weight excluding hydrogens is 342 g/mol. The van der Waals surface area contributed by atoms with Crippen LogP contribution in [0.2, 0.25) is 0 Å². The van der Waals surface area contributed by atoms with E-state index in [0.29, 0.717) is 26.1 Å². The molecule has 0 aromatic heterocycles. The molecule has 2 aliphatic rings. The average molecular weight is 371 g/mol. The number of rotatable bonds is 5. The summed E-state index contributed by atoms with van der Waals surface area (Å²) in [4.78, 5) is 40.2. The van der Waals surface area contributed by atoms with Crippen LogP contribution < -0.4 is 5.32 Å². The van der Waals surface area contributed by atoms with Crippen molar-refractivity contribution in [3.05, 3.63) is 35.4 Å². The minimum absolute atomic E-state index is 0.00235. The maximum absolute atomic E-state index is 12.5. The third-order valence-electron chi connectivity index (χ3n) is 5.57. The smallest absolute Gasteiger partial charge is 0.222 e. The van der Waals surface area contributed by atoms with Gasteiger partial charge in [-0.05, 0) is 30.4 Å². The van der Waals surface area contributed by atoms with Crippen molar-refractivity contribution >= 4 is 17.7 Å². The highest BCUT2D eigenvalue weighted by Gasteiger charge is 2.30. The Morgan fingerprint density at radius 1 is 1.11 bits per heavy atom. The molecule has 1 saturated heterocycles. The molecule has 0 radical (unpaired) electrons. The van der Waals surface area contributed by atoms with Gasteiger partial charge < -0.3 is 15.1 Å². The van der Waals surface area contributed by atoms with Crippen LogP contribution in [0.4, 0.5) is 0 Å². The molecule has 2 heterocycles. The quantitative estimate of drug-likeness (QED) is 0.861. The summed E-state index contributed by atoms with van der Waals surface area (Å²) in [6, 6.07) is 7.82. The lowest BCUT2D eigenvalue weighted by molar-refractivity contribution is -0.134. The molecule has 6 nitrogen and oxygen atoms in total. The van der Waals surface area contributed by atoms with E-state index in [1.807, 2.05) is 23.1 Å². The summed E-state index contributed by atoms with van der Waals surface area (Å²) in [6.45, 7) is 4.00. The molecule has 0 saturated carbocycles. The molecule has 1 aromatic carbocycles. The van der Waals surface area contributed by atoms with Crippen molar-refractivity contribution in [1.82, 2.24) is 15.1 Å². The number of fused-ring (bicyclic) bond motifs is 1. The summed E-state index contributed by atoms with van der Waals surface area (Å²) >= 11 is 0. The highest BCUT2D eigenvalue weighted by atomic mass is 16.2. The molecule has 3 amide bonds. The molecule has 0 aliphatic carbocycles. The Hall–Kier alpha value is -2.37. The SMILES string of the molecule is CC(=O)N1CCc2ccccc2C1CC(=O)NCCN1CCCCCC1=O. The van der Waals surface area contributed by atoms with Gasteiger partial charge in [-0.3, -0.25) is 14.4 Å². The van der Waals surface area contributed by atoms with Crippen molar-refractivity contribution in [2.45, 2.75) is 51.5 Å². The van der Waals surface area contributed by atoms with Crippen molar-refractivity contribution in [2.75, 3.05) is 26.2 Å². The molecule has 146 valence electrons. The van der Waals surface area contributed by atoms with Gasteiger partial charge in [0.1, 0.15) is 0 Å². The number of likely N-dealkylation sites (tertiary alicyclic amines) is 1. The van der Waals surface area contributed by atoms with Gasteiger partial charge in [-0.2, -0.15) is 0 Å². The van der Waals surface area contributed by atoms with E-state index in [1.54, 1.807) is 11.8 Å². The number of carbonyl (C=O) groups is 3. The lowest BCUT2D eigenvalue weighted by Gasteiger charge is -2.36. The normalized spacial score (nSPS) is 20.0. The van der Waals surface area contributed by atoms with Gasteiger partial charge in [-0.15, -0.1) is 0 Å². The monoisotopic (exact) mass is 371 g/mol. The molecule has 27 heavy (non-hydrogen) atoms. The minimum atomic E-state index is -0.215. The zero-order valence-corrected chi connectivity index (χ0v) is 16.1. The van der Waals surface area contributed by atoms with Crippen LogP contribution in [-0.4, -0.2) is 53.7 Å². The number of amides is 3. The number of benzene rings is 1. The summed E-state index contributed by atoms with van der Waals surface area (Å²) in [5, 5.41) is 2.94. The first-order valence-corrected chi connectivity index (χ1v) is 9.95. The molecule has 6 heteroatoms. The predicted octanol–water partition coefficient (Wildman–Crippen LogP) is 2.04. The number of carbonyl (C=O) groups excluding carboxylic acids is 3. The topological polar surface area (TPSA) is 69.7 Å². The van der Waals surface area contributed by atoms with Crippen molar-refractivity contribution in [2.24, 2.45) is 0 Å². The van der Waals surface area contributed by atoms with E-state index in [0.717, 1.165) is 37.8 Å². The molecular formula is C21H29N3O3. The largest absolute Gasteiger partial charge is 0.354 e. The summed E-state index contributed by atoms with van der Waals surface area (Å²) in [5.41, 5.74) is 2.28. The molecule has 1 atom stereocenters. The van der Waals surface area contributed by atoms with Crippen LogP contribution in [-0.2, 0) is 20.8 Å². The Morgan fingerprint density at radius 2 is 1.93 bits per heavy atom. The molecule has 1 fully saturated rings. The Bertz CT molecular complexity index is 704. The van der Waals surface area contributed by atoms with Crippen molar-refractivity contribution in [3.8, 4) is 0 Å². The fourth-order valence-electron chi connectivity index (χ4n) is 4.10. The fraction of sp³-hybridized carbons (Fsp3) is 0.571. The first-order valence-electron chi connectivity index (χ1n) is 9.95. The van der Waals surface area contributed by atoms with E-state index in [9.17, 15) is 14.4 Å². The summed E-state index contributed by atoms with van der Waals surface area (Å²) in [6.07, 6.45) is 4.78. The zero-order valence-electron chi connectivity index (χ0n) is 16.1. The van der Waals surface area contributed by atoms with Crippen LogP contribution in [0.5, 0.6) is 0 Å². The van der Waals surface area contributed by atoms with Gasteiger partial charge in [0, 0.05) is 39.5 Å². The van der Waals surface area contributed by atoms with Crippen LogP contribution in [0, 0.1) is 0 Å². The van der Waals surface area contributed by atoms with E-state index in [4.69, 9.17) is 0 Å². The second-order valence-corrected chi connectivity index (χ2v) is 7.42. The second-order valence-electron chi connectivity index (χ2n) is 7.42. The van der Waals surface area contributed by atoms with Gasteiger partial charge in [0.15, 0.2) is 0 Å². The molecule has 1 unspecified atom stereocenters. The Labute approximate surface area is 160 Å². The average Bonchev–Trinajstić information content (AvgIpc) is 2.86. The highest BCUT2D eigenvalue weighted by Crippen LogP contribution is 2.32. The number of hydrogen-bond acceptors (Lipinski definition) is 3. The van der Waals surface area contributed by atoms with Crippen LogP contribution in [0.3, 0.4) is 0 Å². The summed E-state index contributed by atoms with van der Waals surface area (Å²) < 4.78 is 0. The molecule has 1 N–H and O–H groups in total. The van der Waals surface area contributed by atoms with E-state index in [-0.39, 0.29) is 30.2 Å². The van der Waals surface area contributed by atoms with E-state index in [2.05, 4.69) is 11.4 Å². The summed E-state index contributed by atoms with van der Waals surface area (Å²) in [5.74, 6) is 0.105. The zero-order chi connectivity index (χ0) is 19.2. The first-order chi connectivity index (χ1) is 13.1. The molecule has 1 aromatic rings. The second kappa shape index (κ2) is 9.02. The standard InChI is InChI=1S/C21H29N3O3/c1-16(25)24-13-10-17-7-4-5-8-18(17)19(24)15-20(26)22-11-14-23-12-6-2-3-9-21(23)27/h4-5,7-8,19H,2-3,6,9-15H2,1H3,(H,22,26). The van der Waals surface area contributed by atoms with Gasteiger partial charge in [0.2, 0.25) is 17.7 Å². The lowest BCUT2D eigenvalue weighted by atomic mass is 9.90. The summed E-state index contributed by atoms with van der Waals surface area (Å²) in [7, 11) is 0. The minimum Gasteiger partial charge on any atom is -0.354 e. The van der Waals surface area contributed by atoms with Crippen LogP contribution >= 0.6 is 0 Å². The van der Waals surface area contributed by atoms with E-state index in [1.165, 1.54) is 5.56 Å². The van der Waals surface area contributed by atoms with Crippen LogP contribution in [0.1, 0.15) is 56.2 Å². The van der Waals surface area contributed by atoms with Crippen molar-refractivity contribution in [3.63, 3.8) is 0 Å². The number of nitrogens with zero attached hydrogens (tertiary/aromatic N) is 2. The Kier molecular flexibility index (Phi) is 6.48. The number of hydrogen-bond donors (Lipinski definition) is 1. The molecule has 0 spiro atoms. The van der Waals surface area contributed by atoms with Crippen molar-refractivity contribution in [1.29, 1.82) is 0 Å². The van der Waals surface area contributed by atoms with Gasteiger partial charge in [-0.1, -0.05) is 30.7 Å². The maximum atomic E-state index is 12.5. The lowest BCUT2D eigenvalue weighted by Crippen LogP contribution is -2.42. The van der Waals surface area contributed by atoms with Crippen LogP contribution in [0.15, 0.2) is 24.3 Å². The van der Waals surface area contributed by atoms with Crippen LogP contribution in [0.25, 0.3) is 0 Å². The molecule has 0 bridgehead atoms. The molecule has 3 rings (SSSR count). The third kappa shape index (κ3) is 4.87. The predicted molar refractivity (Wildman–Crippen MR) is 103 cm³/mol. The Morgan fingerprint density at radius 3 is 2.74 bits per heavy atom.